The highest BCUT2D eigenvalue weighted by Crippen LogP contribution is 2.25. The van der Waals surface area contributed by atoms with Crippen molar-refractivity contribution in [1.82, 2.24) is 10.5 Å². The van der Waals surface area contributed by atoms with Crippen LogP contribution in [0, 0.1) is 5.82 Å². The molecule has 1 atom stereocenters. The summed E-state index contributed by atoms with van der Waals surface area (Å²) in [7, 11) is 1.26. The number of hydrogen-bond acceptors (Lipinski definition) is 7. The Bertz CT molecular complexity index is 801. The highest BCUT2D eigenvalue weighted by Gasteiger charge is 2.23. The number of hydrogen-bond donors (Lipinski definition) is 1. The molecule has 0 bridgehead atoms. The first kappa shape index (κ1) is 21.0. The van der Waals surface area contributed by atoms with Crippen molar-refractivity contribution < 1.29 is 28.0 Å². The normalized spacial score (nSPS) is 11.7. The molecule has 10 heteroatoms. The fourth-order valence-electron chi connectivity index (χ4n) is 2.09. The summed E-state index contributed by atoms with van der Waals surface area (Å²) in [6.45, 7) is -0.0570. The maximum atomic E-state index is 13.0. The van der Waals surface area contributed by atoms with Crippen LogP contribution in [-0.2, 0) is 16.1 Å². The van der Waals surface area contributed by atoms with Gasteiger partial charge in [0.1, 0.15) is 24.2 Å². The Kier molecular flexibility index (Phi) is 7.93. The molecular weight excluding hydrogens is 399 g/mol. The first-order valence-corrected chi connectivity index (χ1v) is 9.62. The van der Waals surface area contributed by atoms with Crippen LogP contribution in [0.15, 0.2) is 28.8 Å². The van der Waals surface area contributed by atoms with Gasteiger partial charge in [-0.15, -0.1) is 0 Å². The molecule has 0 saturated carbocycles. The van der Waals surface area contributed by atoms with Crippen LogP contribution in [0.2, 0.25) is 5.02 Å². The van der Waals surface area contributed by atoms with Crippen molar-refractivity contribution in [3.63, 3.8) is 0 Å². The quantitative estimate of drug-likeness (QED) is 0.628. The zero-order valence-electron chi connectivity index (χ0n) is 14.7. The Balaban J connectivity index is 1.96. The van der Waals surface area contributed by atoms with Gasteiger partial charge in [-0.1, -0.05) is 16.8 Å². The van der Waals surface area contributed by atoms with E-state index in [9.17, 15) is 14.0 Å². The van der Waals surface area contributed by atoms with Gasteiger partial charge in [0.15, 0.2) is 11.5 Å². The molecule has 1 aromatic carbocycles. The molecule has 1 amide bonds. The molecule has 0 aliphatic heterocycles. The van der Waals surface area contributed by atoms with Crippen molar-refractivity contribution in [1.29, 1.82) is 0 Å². The van der Waals surface area contributed by atoms with Crippen LogP contribution < -0.4 is 10.1 Å². The summed E-state index contributed by atoms with van der Waals surface area (Å²) in [5.74, 6) is -0.372. The van der Waals surface area contributed by atoms with Gasteiger partial charge >= 0.3 is 5.97 Å². The van der Waals surface area contributed by atoms with Gasteiger partial charge in [0.05, 0.1) is 12.1 Å². The van der Waals surface area contributed by atoms with Crippen molar-refractivity contribution >= 4 is 35.2 Å². The second-order valence-electron chi connectivity index (χ2n) is 5.37. The number of amides is 1. The first-order valence-electron chi connectivity index (χ1n) is 7.85. The van der Waals surface area contributed by atoms with E-state index in [-0.39, 0.29) is 28.8 Å². The number of halogens is 2. The molecule has 0 saturated heterocycles. The summed E-state index contributed by atoms with van der Waals surface area (Å²) in [4.78, 5) is 24.0. The van der Waals surface area contributed by atoms with Gasteiger partial charge in [0, 0.05) is 6.07 Å². The Hall–Kier alpha value is -2.26. The smallest absolute Gasteiger partial charge is 0.328 e. The van der Waals surface area contributed by atoms with E-state index in [1.807, 2.05) is 6.26 Å². The largest absolute Gasteiger partial charge is 0.484 e. The molecule has 1 aromatic heterocycles. The summed E-state index contributed by atoms with van der Waals surface area (Å²) in [5.41, 5.74) is -0.00291. The Labute approximate surface area is 164 Å². The zero-order chi connectivity index (χ0) is 19.8. The topological polar surface area (TPSA) is 90.7 Å². The van der Waals surface area contributed by atoms with E-state index in [1.165, 1.54) is 25.3 Å². The maximum absolute atomic E-state index is 13.0. The molecule has 0 radical (unpaired) electrons. The lowest BCUT2D eigenvalue weighted by molar-refractivity contribution is -0.142. The average Bonchev–Trinajstić information content (AvgIpc) is 3.12. The molecule has 2 rings (SSSR count). The van der Waals surface area contributed by atoms with Crippen molar-refractivity contribution in [3.8, 4) is 5.75 Å². The molecule has 0 fully saturated rings. The third kappa shape index (κ3) is 6.14. The van der Waals surface area contributed by atoms with Crippen LogP contribution in [0.4, 0.5) is 4.39 Å². The van der Waals surface area contributed by atoms with Crippen LogP contribution in [0.3, 0.4) is 0 Å². The van der Waals surface area contributed by atoms with E-state index in [2.05, 4.69) is 10.5 Å². The summed E-state index contributed by atoms with van der Waals surface area (Å²) < 4.78 is 28.2. The Morgan fingerprint density at radius 1 is 1.41 bits per heavy atom. The van der Waals surface area contributed by atoms with Gasteiger partial charge in [0.2, 0.25) is 0 Å². The number of esters is 1. The van der Waals surface area contributed by atoms with E-state index in [1.54, 1.807) is 11.8 Å². The molecule has 0 spiro atoms. The summed E-state index contributed by atoms with van der Waals surface area (Å²) >= 11 is 7.42. The number of carbonyl (C=O) groups is 2. The van der Waals surface area contributed by atoms with Gasteiger partial charge in [-0.2, -0.15) is 11.8 Å². The van der Waals surface area contributed by atoms with Crippen LogP contribution in [0.25, 0.3) is 0 Å². The third-order valence-corrected chi connectivity index (χ3v) is 4.40. The third-order valence-electron chi connectivity index (χ3n) is 3.46. The van der Waals surface area contributed by atoms with E-state index in [0.29, 0.717) is 12.2 Å². The van der Waals surface area contributed by atoms with Crippen molar-refractivity contribution in [2.45, 2.75) is 19.1 Å². The van der Waals surface area contributed by atoms with Crippen molar-refractivity contribution in [3.05, 3.63) is 46.6 Å². The molecule has 2 aromatic rings. The average molecular weight is 417 g/mol. The lowest BCUT2D eigenvalue weighted by Gasteiger charge is -2.14. The fraction of sp³-hybridized carbons (Fsp3) is 0.353. The van der Waals surface area contributed by atoms with Crippen LogP contribution >= 0.6 is 23.4 Å². The number of aromatic nitrogens is 1. The molecule has 7 nitrogen and oxygen atoms in total. The zero-order valence-corrected chi connectivity index (χ0v) is 16.2. The van der Waals surface area contributed by atoms with E-state index >= 15 is 0 Å². The maximum Gasteiger partial charge on any atom is 0.328 e. The van der Waals surface area contributed by atoms with Gasteiger partial charge in [-0.25, -0.2) is 9.18 Å². The molecule has 27 heavy (non-hydrogen) atoms. The lowest BCUT2D eigenvalue weighted by atomic mass is 10.2. The molecule has 0 unspecified atom stereocenters. The summed E-state index contributed by atoms with van der Waals surface area (Å²) in [6, 6.07) is 4.33. The SMILES string of the molecule is COC(=O)[C@@H](CCSC)NC(=O)c1cc(COc2ccc(F)cc2Cl)on1. The lowest BCUT2D eigenvalue weighted by Crippen LogP contribution is -2.42. The highest BCUT2D eigenvalue weighted by molar-refractivity contribution is 7.98. The summed E-state index contributed by atoms with van der Waals surface area (Å²) in [5, 5.41) is 6.35. The van der Waals surface area contributed by atoms with Crippen LogP contribution in [-0.4, -0.2) is 42.2 Å². The molecule has 0 aliphatic rings. The minimum atomic E-state index is -0.774. The molecule has 1 heterocycles. The number of nitrogens with zero attached hydrogens (tertiary/aromatic N) is 1. The minimum Gasteiger partial charge on any atom is -0.484 e. The number of methoxy groups -OCH3 is 1. The monoisotopic (exact) mass is 416 g/mol. The Morgan fingerprint density at radius 3 is 2.85 bits per heavy atom. The number of thioether (sulfide) groups is 1. The van der Waals surface area contributed by atoms with Crippen molar-refractivity contribution in [2.75, 3.05) is 19.1 Å². The van der Waals surface area contributed by atoms with Gasteiger partial charge in [-0.3, -0.25) is 4.79 Å². The van der Waals surface area contributed by atoms with E-state index < -0.39 is 23.7 Å². The van der Waals surface area contributed by atoms with Crippen LogP contribution in [0.1, 0.15) is 22.7 Å². The molecule has 1 N–H and O–H groups in total. The predicted octanol–water partition coefficient (Wildman–Crippen LogP) is 3.07. The number of carbonyl (C=O) groups excluding carboxylic acids is 2. The van der Waals surface area contributed by atoms with Gasteiger partial charge in [0.25, 0.3) is 5.91 Å². The van der Waals surface area contributed by atoms with Crippen molar-refractivity contribution in [2.24, 2.45) is 0 Å². The number of rotatable bonds is 9. The summed E-state index contributed by atoms with van der Waals surface area (Å²) in [6.07, 6.45) is 2.32. The number of benzene rings is 1. The minimum absolute atomic E-state index is 0.00291. The fourth-order valence-corrected chi connectivity index (χ4v) is 2.78. The number of ether oxygens (including phenoxy) is 2. The first-order chi connectivity index (χ1) is 12.9. The second-order valence-corrected chi connectivity index (χ2v) is 6.77. The predicted molar refractivity (Wildman–Crippen MR) is 98.5 cm³/mol. The van der Waals surface area contributed by atoms with E-state index in [4.69, 9.17) is 25.6 Å². The highest BCUT2D eigenvalue weighted by atomic mass is 35.5. The van der Waals surface area contributed by atoms with E-state index in [0.717, 1.165) is 6.07 Å². The van der Waals surface area contributed by atoms with Gasteiger partial charge < -0.3 is 19.3 Å². The molecule has 0 aliphatic carbocycles. The van der Waals surface area contributed by atoms with Gasteiger partial charge in [-0.05, 0) is 36.6 Å². The molecule has 146 valence electrons. The second kappa shape index (κ2) is 10.2. The Morgan fingerprint density at radius 2 is 2.19 bits per heavy atom. The standard InChI is InChI=1S/C17H18ClFN2O5S/c1-24-17(23)13(5-6-27-2)20-16(22)14-8-11(26-21-14)9-25-15-4-3-10(19)7-12(15)18/h3-4,7-8,13H,5-6,9H2,1-2H3,(H,20,22)/t13-/m1/s1. The van der Waals surface area contributed by atoms with Crippen LogP contribution in [0.5, 0.6) is 5.75 Å². The number of nitrogens with one attached hydrogen (secondary N) is 1. The molecular formula is C17H18ClFN2O5S.